The number of nitrogen functional groups attached to an aromatic ring is 1. The third-order valence-electron chi connectivity index (χ3n) is 3.40. The summed E-state index contributed by atoms with van der Waals surface area (Å²) in [5.74, 6) is 1.36. The summed E-state index contributed by atoms with van der Waals surface area (Å²) in [5, 5.41) is 3.37. The summed E-state index contributed by atoms with van der Waals surface area (Å²) in [6.07, 6.45) is 7.72. The van der Waals surface area contributed by atoms with Crippen LogP contribution in [0.25, 0.3) is 0 Å². The van der Waals surface area contributed by atoms with Crippen molar-refractivity contribution in [2.45, 2.75) is 45.4 Å². The Morgan fingerprint density at radius 2 is 1.55 bits per heavy atom. The fourth-order valence-corrected chi connectivity index (χ4v) is 2.18. The largest absolute Gasteiger partial charge is 0.493 e. The maximum Gasteiger partial charge on any atom is 0.162 e. The second-order valence-corrected chi connectivity index (χ2v) is 4.99. The lowest BCUT2D eigenvalue weighted by molar-refractivity contribution is 0.355. The minimum Gasteiger partial charge on any atom is -0.493 e. The molecule has 0 saturated heterocycles. The molecule has 0 fully saturated rings. The highest BCUT2D eigenvalue weighted by Gasteiger charge is 2.08. The minimum atomic E-state index is 0.662. The van der Waals surface area contributed by atoms with Crippen molar-refractivity contribution < 1.29 is 9.47 Å². The van der Waals surface area contributed by atoms with Crippen LogP contribution in [0.3, 0.4) is 0 Å². The number of unbranched alkanes of at least 4 members (excludes halogenated alkanes) is 5. The van der Waals surface area contributed by atoms with E-state index in [1.54, 1.807) is 20.3 Å². The molecule has 0 saturated carbocycles. The molecule has 0 unspecified atom stereocenters. The van der Waals surface area contributed by atoms with E-state index in [2.05, 4.69) is 12.2 Å². The quantitative estimate of drug-likeness (QED) is 0.501. The van der Waals surface area contributed by atoms with Crippen LogP contribution in [-0.4, -0.2) is 20.8 Å². The van der Waals surface area contributed by atoms with Crippen molar-refractivity contribution in [1.82, 2.24) is 0 Å². The number of rotatable bonds is 10. The van der Waals surface area contributed by atoms with Crippen molar-refractivity contribution >= 4 is 11.4 Å². The molecule has 4 nitrogen and oxygen atoms in total. The Labute approximate surface area is 122 Å². The molecule has 20 heavy (non-hydrogen) atoms. The molecule has 0 amide bonds. The van der Waals surface area contributed by atoms with Crippen LogP contribution in [0.1, 0.15) is 45.4 Å². The Kier molecular flexibility index (Phi) is 7.70. The van der Waals surface area contributed by atoms with Gasteiger partial charge in [0.2, 0.25) is 0 Å². The van der Waals surface area contributed by atoms with Gasteiger partial charge in [0, 0.05) is 18.7 Å². The molecule has 0 aromatic heterocycles. The molecular formula is C16H28N2O2. The Morgan fingerprint density at radius 3 is 2.20 bits per heavy atom. The lowest BCUT2D eigenvalue weighted by atomic mass is 10.1. The van der Waals surface area contributed by atoms with Crippen molar-refractivity contribution in [2.75, 3.05) is 31.8 Å². The average molecular weight is 280 g/mol. The second-order valence-electron chi connectivity index (χ2n) is 4.99. The van der Waals surface area contributed by atoms with Gasteiger partial charge in [-0.3, -0.25) is 0 Å². The lowest BCUT2D eigenvalue weighted by Gasteiger charge is -2.14. The number of ether oxygens (including phenoxy) is 2. The van der Waals surface area contributed by atoms with Gasteiger partial charge in [-0.15, -0.1) is 0 Å². The first-order valence-electron chi connectivity index (χ1n) is 7.48. The van der Waals surface area contributed by atoms with Crippen LogP contribution in [0, 0.1) is 0 Å². The van der Waals surface area contributed by atoms with Crippen LogP contribution in [-0.2, 0) is 0 Å². The molecule has 0 radical (unpaired) electrons. The summed E-state index contributed by atoms with van der Waals surface area (Å²) in [6.45, 7) is 3.17. The van der Waals surface area contributed by atoms with Crippen LogP contribution in [0.2, 0.25) is 0 Å². The summed E-state index contributed by atoms with van der Waals surface area (Å²) < 4.78 is 10.5. The standard InChI is InChI=1S/C16H28N2O2/c1-4-5-6-7-8-9-10-18-14-12-16(20-3)15(19-2)11-13(14)17/h11-12,18H,4-10,17H2,1-3H3. The van der Waals surface area contributed by atoms with Gasteiger partial charge in [-0.2, -0.15) is 0 Å². The monoisotopic (exact) mass is 280 g/mol. The van der Waals surface area contributed by atoms with E-state index in [-0.39, 0.29) is 0 Å². The van der Waals surface area contributed by atoms with Crippen molar-refractivity contribution in [1.29, 1.82) is 0 Å². The average Bonchev–Trinajstić information content (AvgIpc) is 2.47. The first-order valence-corrected chi connectivity index (χ1v) is 7.48. The maximum atomic E-state index is 6.00. The van der Waals surface area contributed by atoms with Gasteiger partial charge in [0.15, 0.2) is 11.5 Å². The van der Waals surface area contributed by atoms with Gasteiger partial charge < -0.3 is 20.5 Å². The van der Waals surface area contributed by atoms with Crippen molar-refractivity contribution in [3.63, 3.8) is 0 Å². The Morgan fingerprint density at radius 1 is 0.950 bits per heavy atom. The molecule has 0 aliphatic carbocycles. The van der Waals surface area contributed by atoms with E-state index in [0.717, 1.165) is 18.7 Å². The third-order valence-corrected chi connectivity index (χ3v) is 3.40. The normalized spacial score (nSPS) is 10.3. The highest BCUT2D eigenvalue weighted by atomic mass is 16.5. The number of nitrogens with two attached hydrogens (primary N) is 1. The van der Waals surface area contributed by atoms with E-state index in [4.69, 9.17) is 15.2 Å². The van der Waals surface area contributed by atoms with Gasteiger partial charge in [0.05, 0.1) is 25.6 Å². The number of hydrogen-bond acceptors (Lipinski definition) is 4. The van der Waals surface area contributed by atoms with Crippen LogP contribution in [0.15, 0.2) is 12.1 Å². The van der Waals surface area contributed by atoms with E-state index >= 15 is 0 Å². The zero-order valence-corrected chi connectivity index (χ0v) is 13.0. The van der Waals surface area contributed by atoms with Gasteiger partial charge in [0.25, 0.3) is 0 Å². The van der Waals surface area contributed by atoms with Gasteiger partial charge >= 0.3 is 0 Å². The topological polar surface area (TPSA) is 56.5 Å². The van der Waals surface area contributed by atoms with E-state index in [1.807, 2.05) is 6.07 Å². The van der Waals surface area contributed by atoms with Gasteiger partial charge in [-0.25, -0.2) is 0 Å². The first-order chi connectivity index (χ1) is 9.72. The molecule has 3 N–H and O–H groups in total. The Bertz CT molecular complexity index is 394. The predicted molar refractivity (Wildman–Crippen MR) is 85.8 cm³/mol. The van der Waals surface area contributed by atoms with Crippen LogP contribution < -0.4 is 20.5 Å². The molecule has 0 atom stereocenters. The number of anilines is 2. The molecule has 0 aliphatic rings. The molecule has 0 aliphatic heterocycles. The van der Waals surface area contributed by atoms with E-state index in [1.165, 1.54) is 32.1 Å². The van der Waals surface area contributed by atoms with Crippen molar-refractivity contribution in [3.05, 3.63) is 12.1 Å². The fourth-order valence-electron chi connectivity index (χ4n) is 2.18. The Hall–Kier alpha value is -1.58. The molecule has 1 aromatic rings. The summed E-state index contributed by atoms with van der Waals surface area (Å²) in [5.41, 5.74) is 7.60. The number of benzene rings is 1. The molecule has 0 spiro atoms. The molecule has 1 aromatic carbocycles. The molecule has 4 heteroatoms. The van der Waals surface area contributed by atoms with Crippen molar-refractivity contribution in [3.8, 4) is 11.5 Å². The smallest absolute Gasteiger partial charge is 0.162 e. The van der Waals surface area contributed by atoms with E-state index in [0.29, 0.717) is 17.2 Å². The highest BCUT2D eigenvalue weighted by Crippen LogP contribution is 2.34. The molecular weight excluding hydrogens is 252 g/mol. The fraction of sp³-hybridized carbons (Fsp3) is 0.625. The second kappa shape index (κ2) is 9.34. The van der Waals surface area contributed by atoms with Gasteiger partial charge in [0.1, 0.15) is 0 Å². The summed E-state index contributed by atoms with van der Waals surface area (Å²) in [4.78, 5) is 0. The Balaban J connectivity index is 2.40. The van der Waals surface area contributed by atoms with E-state index < -0.39 is 0 Å². The summed E-state index contributed by atoms with van der Waals surface area (Å²) >= 11 is 0. The molecule has 114 valence electrons. The zero-order valence-electron chi connectivity index (χ0n) is 13.0. The third kappa shape index (κ3) is 5.19. The number of hydrogen-bond donors (Lipinski definition) is 2. The minimum absolute atomic E-state index is 0.662. The zero-order chi connectivity index (χ0) is 14.8. The molecule has 0 bridgehead atoms. The highest BCUT2D eigenvalue weighted by molar-refractivity contribution is 5.71. The lowest BCUT2D eigenvalue weighted by Crippen LogP contribution is -2.05. The van der Waals surface area contributed by atoms with Gasteiger partial charge in [-0.1, -0.05) is 39.0 Å². The van der Waals surface area contributed by atoms with Crippen LogP contribution in [0.5, 0.6) is 11.5 Å². The summed E-state index contributed by atoms with van der Waals surface area (Å²) in [7, 11) is 3.24. The predicted octanol–water partition coefficient (Wildman–Crippen LogP) is 4.06. The SMILES string of the molecule is CCCCCCCCNc1cc(OC)c(OC)cc1N. The number of nitrogens with one attached hydrogen (secondary N) is 1. The molecule has 0 heterocycles. The molecule has 1 rings (SSSR count). The van der Waals surface area contributed by atoms with Crippen LogP contribution in [0.4, 0.5) is 11.4 Å². The van der Waals surface area contributed by atoms with Crippen LogP contribution >= 0.6 is 0 Å². The van der Waals surface area contributed by atoms with Gasteiger partial charge in [-0.05, 0) is 6.42 Å². The first kappa shape index (κ1) is 16.5. The summed E-state index contributed by atoms with van der Waals surface area (Å²) in [6, 6.07) is 3.69. The van der Waals surface area contributed by atoms with E-state index in [9.17, 15) is 0 Å². The number of methoxy groups -OCH3 is 2. The maximum absolute atomic E-state index is 6.00. The van der Waals surface area contributed by atoms with Crippen molar-refractivity contribution in [2.24, 2.45) is 0 Å².